The number of anilines is 1. The molecule has 0 spiro atoms. The minimum absolute atomic E-state index is 0.350. The highest BCUT2D eigenvalue weighted by atomic mass is 32.2. The summed E-state index contributed by atoms with van der Waals surface area (Å²) < 4.78 is 27.8. The van der Waals surface area contributed by atoms with E-state index >= 15 is 0 Å². The van der Waals surface area contributed by atoms with Gasteiger partial charge in [-0.1, -0.05) is 18.2 Å². The summed E-state index contributed by atoms with van der Waals surface area (Å²) in [5.41, 5.74) is 2.52. The number of thiophene rings is 1. The maximum atomic E-state index is 12.4. The van der Waals surface area contributed by atoms with Crippen LogP contribution >= 0.6 is 11.3 Å². The first-order valence-electron chi connectivity index (χ1n) is 6.26. The summed E-state index contributed by atoms with van der Waals surface area (Å²) in [4.78, 5) is 1.04. The van der Waals surface area contributed by atoms with Gasteiger partial charge < -0.3 is 5.32 Å². The van der Waals surface area contributed by atoms with Gasteiger partial charge in [-0.25, -0.2) is 8.42 Å². The Morgan fingerprint density at radius 3 is 2.50 bits per heavy atom. The van der Waals surface area contributed by atoms with Crippen LogP contribution in [0, 0.1) is 13.8 Å². The number of benzene rings is 1. The van der Waals surface area contributed by atoms with Crippen LogP contribution in [-0.2, 0) is 16.6 Å². The number of hydrogen-bond donors (Lipinski definition) is 2. The molecule has 108 valence electrons. The lowest BCUT2D eigenvalue weighted by molar-refractivity contribution is 0.603. The quantitative estimate of drug-likeness (QED) is 0.893. The van der Waals surface area contributed by atoms with E-state index in [4.69, 9.17) is 0 Å². The highest BCUT2D eigenvalue weighted by Gasteiger charge is 2.19. The van der Waals surface area contributed by atoms with Crippen LogP contribution < -0.4 is 10.0 Å². The molecule has 0 unspecified atom stereocenters. The van der Waals surface area contributed by atoms with Gasteiger partial charge in [0.25, 0.3) is 10.0 Å². The molecule has 0 amide bonds. The highest BCUT2D eigenvalue weighted by Crippen LogP contribution is 2.28. The van der Waals surface area contributed by atoms with Crippen molar-refractivity contribution in [2.75, 3.05) is 11.8 Å². The van der Waals surface area contributed by atoms with E-state index in [-0.39, 0.29) is 0 Å². The Balaban J connectivity index is 2.31. The molecule has 0 fully saturated rings. The van der Waals surface area contributed by atoms with E-state index in [1.165, 1.54) is 11.3 Å². The Morgan fingerprint density at radius 2 is 1.85 bits per heavy atom. The van der Waals surface area contributed by atoms with Gasteiger partial charge in [-0.15, -0.1) is 11.3 Å². The fraction of sp³-hybridized carbons (Fsp3) is 0.286. The van der Waals surface area contributed by atoms with Crippen LogP contribution in [0.5, 0.6) is 0 Å². The molecule has 0 aliphatic rings. The first-order chi connectivity index (χ1) is 9.44. The lowest BCUT2D eigenvalue weighted by Crippen LogP contribution is -2.12. The number of sulfonamides is 1. The van der Waals surface area contributed by atoms with Gasteiger partial charge in [0.15, 0.2) is 0 Å². The molecular formula is C14H18N2O2S2. The molecule has 0 saturated carbocycles. The molecule has 0 aliphatic heterocycles. The predicted molar refractivity (Wildman–Crippen MR) is 83.8 cm³/mol. The zero-order chi connectivity index (χ0) is 14.8. The Bertz CT molecular complexity index is 706. The summed E-state index contributed by atoms with van der Waals surface area (Å²) in [6, 6.07) is 9.06. The second-order valence-corrected chi connectivity index (χ2v) is 7.67. The van der Waals surface area contributed by atoms with E-state index < -0.39 is 10.0 Å². The molecule has 4 nitrogen and oxygen atoms in total. The van der Waals surface area contributed by atoms with E-state index in [0.717, 1.165) is 16.0 Å². The molecule has 0 radical (unpaired) electrons. The third kappa shape index (κ3) is 3.20. The van der Waals surface area contributed by atoms with Gasteiger partial charge in [0, 0.05) is 11.4 Å². The molecule has 1 heterocycles. The van der Waals surface area contributed by atoms with Crippen molar-refractivity contribution in [3.63, 3.8) is 0 Å². The van der Waals surface area contributed by atoms with E-state index in [0.29, 0.717) is 16.4 Å². The van der Waals surface area contributed by atoms with Crippen molar-refractivity contribution >= 4 is 27.0 Å². The standard InChI is InChI=1S/C14H18N2O2S2/c1-10-6-4-5-7-12(10)16-20(17,18)14-8-11(2)13(19-14)9-15-3/h4-8,15-16H,9H2,1-3H3. The molecule has 2 rings (SSSR count). The molecule has 0 aliphatic carbocycles. The topological polar surface area (TPSA) is 58.2 Å². The molecule has 20 heavy (non-hydrogen) atoms. The second-order valence-electron chi connectivity index (χ2n) is 4.62. The van der Waals surface area contributed by atoms with E-state index in [9.17, 15) is 8.42 Å². The van der Waals surface area contributed by atoms with Crippen LogP contribution in [0.15, 0.2) is 34.5 Å². The molecule has 2 N–H and O–H groups in total. The van der Waals surface area contributed by atoms with Gasteiger partial charge in [0.05, 0.1) is 5.69 Å². The van der Waals surface area contributed by atoms with Crippen molar-refractivity contribution in [1.82, 2.24) is 5.32 Å². The average Bonchev–Trinajstić information content (AvgIpc) is 2.75. The van der Waals surface area contributed by atoms with Crippen molar-refractivity contribution in [2.45, 2.75) is 24.6 Å². The zero-order valence-electron chi connectivity index (χ0n) is 11.7. The number of para-hydroxylation sites is 1. The minimum atomic E-state index is -3.52. The van der Waals surface area contributed by atoms with E-state index in [1.54, 1.807) is 12.1 Å². The van der Waals surface area contributed by atoms with Crippen molar-refractivity contribution in [1.29, 1.82) is 0 Å². The first-order valence-corrected chi connectivity index (χ1v) is 8.56. The Morgan fingerprint density at radius 1 is 1.15 bits per heavy atom. The van der Waals surface area contributed by atoms with Gasteiger partial charge in [0.1, 0.15) is 4.21 Å². The van der Waals surface area contributed by atoms with Crippen LogP contribution in [-0.4, -0.2) is 15.5 Å². The maximum absolute atomic E-state index is 12.4. The summed E-state index contributed by atoms with van der Waals surface area (Å²) in [7, 11) is -1.67. The summed E-state index contributed by atoms with van der Waals surface area (Å²) in [5.74, 6) is 0. The SMILES string of the molecule is CNCc1sc(S(=O)(=O)Nc2ccccc2C)cc1C. The minimum Gasteiger partial charge on any atom is -0.315 e. The molecule has 2 aromatic rings. The molecule has 0 atom stereocenters. The number of nitrogens with one attached hydrogen (secondary N) is 2. The van der Waals surface area contributed by atoms with Gasteiger partial charge in [-0.2, -0.15) is 0 Å². The molecular weight excluding hydrogens is 292 g/mol. The fourth-order valence-corrected chi connectivity index (χ4v) is 4.57. The largest absolute Gasteiger partial charge is 0.315 e. The maximum Gasteiger partial charge on any atom is 0.271 e. The van der Waals surface area contributed by atoms with E-state index in [2.05, 4.69) is 10.0 Å². The van der Waals surface area contributed by atoms with Crippen LogP contribution in [0.1, 0.15) is 16.0 Å². The Kier molecular flexibility index (Phi) is 4.47. The molecule has 1 aromatic carbocycles. The lowest BCUT2D eigenvalue weighted by Gasteiger charge is -2.08. The monoisotopic (exact) mass is 310 g/mol. The van der Waals surface area contributed by atoms with Crippen molar-refractivity contribution in [2.24, 2.45) is 0 Å². The summed E-state index contributed by atoms with van der Waals surface area (Å²) in [5, 5.41) is 3.04. The smallest absolute Gasteiger partial charge is 0.271 e. The highest BCUT2D eigenvalue weighted by molar-refractivity contribution is 7.94. The molecule has 0 bridgehead atoms. The third-order valence-corrected chi connectivity index (χ3v) is 6.07. The first kappa shape index (κ1) is 15.0. The third-order valence-electron chi connectivity index (χ3n) is 2.99. The normalized spacial score (nSPS) is 11.6. The lowest BCUT2D eigenvalue weighted by atomic mass is 10.2. The van der Waals surface area contributed by atoms with Crippen LogP contribution in [0.25, 0.3) is 0 Å². The van der Waals surface area contributed by atoms with Crippen molar-refractivity contribution < 1.29 is 8.42 Å². The fourth-order valence-electron chi connectivity index (χ4n) is 1.84. The van der Waals surface area contributed by atoms with Gasteiger partial charge in [-0.05, 0) is 44.2 Å². The predicted octanol–water partition coefficient (Wildman–Crippen LogP) is 2.89. The Hall–Kier alpha value is -1.37. The Labute approximate surface area is 123 Å². The van der Waals surface area contributed by atoms with E-state index in [1.807, 2.05) is 39.1 Å². The van der Waals surface area contributed by atoms with Crippen molar-refractivity contribution in [3.8, 4) is 0 Å². The van der Waals surface area contributed by atoms with Gasteiger partial charge in [0.2, 0.25) is 0 Å². The number of hydrogen-bond acceptors (Lipinski definition) is 4. The summed E-state index contributed by atoms with van der Waals surface area (Å²) in [6.45, 7) is 4.48. The van der Waals surface area contributed by atoms with Gasteiger partial charge >= 0.3 is 0 Å². The van der Waals surface area contributed by atoms with Crippen molar-refractivity contribution in [3.05, 3.63) is 46.3 Å². The molecule has 0 saturated heterocycles. The van der Waals surface area contributed by atoms with Crippen LogP contribution in [0.2, 0.25) is 0 Å². The second kappa shape index (κ2) is 5.95. The number of aryl methyl sites for hydroxylation is 2. The average molecular weight is 310 g/mol. The molecule has 6 heteroatoms. The summed E-state index contributed by atoms with van der Waals surface area (Å²) in [6.07, 6.45) is 0. The van der Waals surface area contributed by atoms with Crippen LogP contribution in [0.4, 0.5) is 5.69 Å². The summed E-state index contributed by atoms with van der Waals surface area (Å²) >= 11 is 1.30. The van der Waals surface area contributed by atoms with Gasteiger partial charge in [-0.3, -0.25) is 4.72 Å². The zero-order valence-corrected chi connectivity index (χ0v) is 13.4. The van der Waals surface area contributed by atoms with Crippen LogP contribution in [0.3, 0.4) is 0 Å². The number of rotatable bonds is 5. The molecule has 1 aromatic heterocycles.